The van der Waals surface area contributed by atoms with Gasteiger partial charge >= 0.3 is 0 Å². The molecule has 1 spiro atoms. The number of aromatic nitrogens is 2. The maximum Gasteiger partial charge on any atom is 0.291 e. The number of hydrogen-bond donors (Lipinski definition) is 0. The smallest absolute Gasteiger partial charge is 0.291 e. The van der Waals surface area contributed by atoms with Crippen molar-refractivity contribution < 1.29 is 9.47 Å². The number of anilines is 1. The molecule has 2 saturated heterocycles. The van der Waals surface area contributed by atoms with E-state index in [-0.39, 0.29) is 10.0 Å². The number of piperidine rings is 1. The molecule has 0 atom stereocenters. The van der Waals surface area contributed by atoms with Gasteiger partial charge in [0.15, 0.2) is 5.79 Å². The van der Waals surface area contributed by atoms with Gasteiger partial charge in [0.05, 0.1) is 40.8 Å². The van der Waals surface area contributed by atoms with Crippen molar-refractivity contribution in [2.75, 3.05) is 31.2 Å². The van der Waals surface area contributed by atoms with E-state index in [0.717, 1.165) is 31.6 Å². The second-order valence-electron chi connectivity index (χ2n) is 6.25. The summed E-state index contributed by atoms with van der Waals surface area (Å²) in [5.74, 6) is -0.430. The Hall–Kier alpha value is -1.31. The lowest BCUT2D eigenvalue weighted by Gasteiger charge is -2.39. The van der Waals surface area contributed by atoms with Crippen LogP contribution in [0, 0.1) is 0 Å². The molecule has 2 aromatic rings. The van der Waals surface area contributed by atoms with Crippen LogP contribution in [0.25, 0.3) is 5.69 Å². The first kappa shape index (κ1) is 18.1. The molecular formula is C17H16Cl3N3O3. The predicted octanol–water partition coefficient (Wildman–Crippen LogP) is 3.54. The highest BCUT2D eigenvalue weighted by Gasteiger charge is 2.40. The molecule has 3 heterocycles. The molecule has 0 saturated carbocycles. The van der Waals surface area contributed by atoms with E-state index in [4.69, 9.17) is 44.3 Å². The first-order valence-corrected chi connectivity index (χ1v) is 9.39. The maximum atomic E-state index is 12.2. The normalized spacial score (nSPS) is 19.3. The van der Waals surface area contributed by atoms with Gasteiger partial charge in [-0.1, -0.05) is 34.8 Å². The molecule has 0 unspecified atom stereocenters. The molecule has 4 rings (SSSR count). The highest BCUT2D eigenvalue weighted by Crippen LogP contribution is 2.36. The number of hydrogen-bond acceptors (Lipinski definition) is 5. The number of rotatable bonds is 2. The summed E-state index contributed by atoms with van der Waals surface area (Å²) in [5, 5.41) is 4.61. The Morgan fingerprint density at radius 3 is 2.38 bits per heavy atom. The van der Waals surface area contributed by atoms with Gasteiger partial charge < -0.3 is 14.4 Å². The molecule has 0 N–H and O–H groups in total. The fourth-order valence-corrected chi connectivity index (χ4v) is 3.90. The average molecular weight is 417 g/mol. The van der Waals surface area contributed by atoms with Gasteiger partial charge in [-0.15, -0.1) is 0 Å². The summed E-state index contributed by atoms with van der Waals surface area (Å²) < 4.78 is 12.7. The van der Waals surface area contributed by atoms with E-state index < -0.39 is 11.3 Å². The van der Waals surface area contributed by atoms with Crippen LogP contribution in [0.15, 0.2) is 29.2 Å². The summed E-state index contributed by atoms with van der Waals surface area (Å²) in [5.41, 5.74) is 0.938. The molecule has 9 heteroatoms. The molecule has 0 bridgehead atoms. The van der Waals surface area contributed by atoms with Crippen LogP contribution in [-0.4, -0.2) is 41.9 Å². The zero-order valence-corrected chi connectivity index (χ0v) is 16.0. The monoisotopic (exact) mass is 415 g/mol. The fourth-order valence-electron chi connectivity index (χ4n) is 3.35. The largest absolute Gasteiger partial charge is 0.370 e. The summed E-state index contributed by atoms with van der Waals surface area (Å²) in [6, 6.07) is 5.36. The van der Waals surface area contributed by atoms with Gasteiger partial charge in [-0.25, -0.2) is 0 Å². The third kappa shape index (κ3) is 3.21. The third-order valence-corrected chi connectivity index (χ3v) is 5.78. The second kappa shape index (κ2) is 7.02. The van der Waals surface area contributed by atoms with Crippen molar-refractivity contribution >= 4 is 40.5 Å². The summed E-state index contributed by atoms with van der Waals surface area (Å²) in [7, 11) is 0. The van der Waals surface area contributed by atoms with Crippen molar-refractivity contribution in [3.05, 3.63) is 49.8 Å². The van der Waals surface area contributed by atoms with E-state index in [0.29, 0.717) is 23.9 Å². The van der Waals surface area contributed by atoms with Crippen LogP contribution in [0.5, 0.6) is 0 Å². The van der Waals surface area contributed by atoms with Crippen molar-refractivity contribution in [1.29, 1.82) is 0 Å². The standard InChI is InChI=1S/C17H16Cl3N3O3/c18-12-9-11(23-16(24)15(20)13(19)10-21-23)1-2-14(12)22-5-3-17(4-6-22)25-7-8-26-17/h1-2,9-10H,3-8H2. The van der Waals surface area contributed by atoms with E-state index in [1.807, 2.05) is 6.07 Å². The Morgan fingerprint density at radius 1 is 1.04 bits per heavy atom. The summed E-state index contributed by atoms with van der Waals surface area (Å²) in [6.07, 6.45) is 2.91. The van der Waals surface area contributed by atoms with Gasteiger partial charge in [-0.2, -0.15) is 9.78 Å². The molecule has 1 aromatic heterocycles. The van der Waals surface area contributed by atoms with E-state index in [9.17, 15) is 4.79 Å². The molecular weight excluding hydrogens is 401 g/mol. The Bertz CT molecular complexity index is 887. The number of nitrogens with zero attached hydrogens (tertiary/aromatic N) is 3. The SMILES string of the molecule is O=c1c(Cl)c(Cl)cnn1-c1ccc(N2CCC3(CC2)OCCO3)c(Cl)c1. The van der Waals surface area contributed by atoms with Crippen molar-refractivity contribution in [1.82, 2.24) is 9.78 Å². The van der Waals surface area contributed by atoms with Gasteiger partial charge in [0.25, 0.3) is 5.56 Å². The minimum Gasteiger partial charge on any atom is -0.370 e. The lowest BCUT2D eigenvalue weighted by molar-refractivity contribution is -0.169. The summed E-state index contributed by atoms with van der Waals surface area (Å²) in [4.78, 5) is 14.4. The molecule has 0 amide bonds. The molecule has 0 radical (unpaired) electrons. The van der Waals surface area contributed by atoms with Crippen molar-refractivity contribution in [2.24, 2.45) is 0 Å². The molecule has 1 aromatic carbocycles. The zero-order valence-electron chi connectivity index (χ0n) is 13.8. The number of benzene rings is 1. The lowest BCUT2D eigenvalue weighted by Crippen LogP contribution is -2.45. The topological polar surface area (TPSA) is 56.6 Å². The van der Waals surface area contributed by atoms with Gasteiger partial charge in [0.1, 0.15) is 5.02 Å². The second-order valence-corrected chi connectivity index (χ2v) is 7.45. The van der Waals surface area contributed by atoms with Gasteiger partial charge in [-0.3, -0.25) is 4.79 Å². The number of halogens is 3. The van der Waals surface area contributed by atoms with Crippen molar-refractivity contribution in [3.8, 4) is 5.69 Å². The van der Waals surface area contributed by atoms with Gasteiger partial charge in [0, 0.05) is 25.9 Å². The van der Waals surface area contributed by atoms with E-state index in [1.165, 1.54) is 10.9 Å². The van der Waals surface area contributed by atoms with E-state index in [1.54, 1.807) is 12.1 Å². The van der Waals surface area contributed by atoms with Crippen LogP contribution < -0.4 is 10.5 Å². The summed E-state index contributed by atoms with van der Waals surface area (Å²) >= 11 is 18.2. The third-order valence-electron chi connectivity index (χ3n) is 4.73. The molecule has 26 heavy (non-hydrogen) atoms. The van der Waals surface area contributed by atoms with E-state index >= 15 is 0 Å². The van der Waals surface area contributed by atoms with Crippen molar-refractivity contribution in [3.63, 3.8) is 0 Å². The molecule has 0 aliphatic carbocycles. The lowest BCUT2D eigenvalue weighted by atomic mass is 10.0. The maximum absolute atomic E-state index is 12.2. The predicted molar refractivity (Wildman–Crippen MR) is 101 cm³/mol. The van der Waals surface area contributed by atoms with Crippen LogP contribution in [0.4, 0.5) is 5.69 Å². The quantitative estimate of drug-likeness (QED) is 0.749. The van der Waals surface area contributed by atoms with Crippen LogP contribution in [-0.2, 0) is 9.47 Å². The minimum atomic E-state index is -0.488. The minimum absolute atomic E-state index is 0.0697. The molecule has 2 aliphatic heterocycles. The van der Waals surface area contributed by atoms with Crippen LogP contribution in [0.2, 0.25) is 15.1 Å². The molecule has 6 nitrogen and oxygen atoms in total. The highest BCUT2D eigenvalue weighted by molar-refractivity contribution is 6.41. The highest BCUT2D eigenvalue weighted by atomic mass is 35.5. The Morgan fingerprint density at radius 2 is 1.73 bits per heavy atom. The Balaban J connectivity index is 1.57. The zero-order chi connectivity index (χ0) is 18.3. The molecule has 2 aliphatic rings. The average Bonchev–Trinajstić information content (AvgIpc) is 3.09. The van der Waals surface area contributed by atoms with Crippen LogP contribution >= 0.6 is 34.8 Å². The molecule has 2 fully saturated rings. The van der Waals surface area contributed by atoms with Crippen molar-refractivity contribution in [2.45, 2.75) is 18.6 Å². The summed E-state index contributed by atoms with van der Waals surface area (Å²) in [6.45, 7) is 2.87. The van der Waals surface area contributed by atoms with E-state index in [2.05, 4.69) is 10.00 Å². The fraction of sp³-hybridized carbons (Fsp3) is 0.412. The van der Waals surface area contributed by atoms with Crippen LogP contribution in [0.1, 0.15) is 12.8 Å². The van der Waals surface area contributed by atoms with Gasteiger partial charge in [-0.05, 0) is 18.2 Å². The molecule has 138 valence electrons. The first-order chi connectivity index (χ1) is 12.5. The first-order valence-electron chi connectivity index (χ1n) is 8.25. The van der Waals surface area contributed by atoms with Gasteiger partial charge in [0.2, 0.25) is 0 Å². The Kier molecular flexibility index (Phi) is 4.88. The van der Waals surface area contributed by atoms with Crippen LogP contribution in [0.3, 0.4) is 0 Å². The number of ether oxygens (including phenoxy) is 2. The Labute approximate surface area is 165 Å².